The molecule has 0 aliphatic heterocycles. The highest BCUT2D eigenvalue weighted by atomic mass is 32.1. The van der Waals surface area contributed by atoms with E-state index in [1.807, 2.05) is 0 Å². The minimum absolute atomic E-state index is 0.0449. The average Bonchev–Trinajstić information content (AvgIpc) is 3.06. The second kappa shape index (κ2) is 8.17. The SMILES string of the molecule is Cc1nn(CC(=O)Nc2sc(C(N)=O)c(C)c2C(=O)OC(C)C)cc1[N+](=O)[O-]. The van der Waals surface area contributed by atoms with Gasteiger partial charge in [-0.25, -0.2) is 4.79 Å². The van der Waals surface area contributed by atoms with Crippen LogP contribution in [0.2, 0.25) is 0 Å². The normalized spacial score (nSPS) is 10.8. The van der Waals surface area contributed by atoms with Crippen LogP contribution < -0.4 is 11.1 Å². The number of amides is 2. The van der Waals surface area contributed by atoms with Gasteiger partial charge < -0.3 is 15.8 Å². The Balaban J connectivity index is 2.29. The van der Waals surface area contributed by atoms with Crippen molar-refractivity contribution in [2.45, 2.75) is 40.3 Å². The molecule has 0 saturated heterocycles. The lowest BCUT2D eigenvalue weighted by Gasteiger charge is -2.10. The predicted molar refractivity (Wildman–Crippen MR) is 100 cm³/mol. The van der Waals surface area contributed by atoms with E-state index in [0.29, 0.717) is 5.56 Å². The fourth-order valence-corrected chi connectivity index (χ4v) is 3.50. The van der Waals surface area contributed by atoms with Crippen molar-refractivity contribution in [2.75, 3.05) is 5.32 Å². The van der Waals surface area contributed by atoms with Crippen molar-refractivity contribution >= 4 is 39.8 Å². The van der Waals surface area contributed by atoms with Crippen molar-refractivity contribution in [3.8, 4) is 0 Å². The van der Waals surface area contributed by atoms with Gasteiger partial charge in [0.1, 0.15) is 23.4 Å². The third kappa shape index (κ3) is 4.52. The van der Waals surface area contributed by atoms with Gasteiger partial charge in [0.05, 0.1) is 21.5 Å². The Bertz CT molecular complexity index is 961. The monoisotopic (exact) mass is 409 g/mol. The fraction of sp³-hybridized carbons (Fsp3) is 0.375. The maximum atomic E-state index is 12.4. The topological polar surface area (TPSA) is 159 Å². The molecule has 0 bridgehead atoms. The molecule has 0 aliphatic rings. The summed E-state index contributed by atoms with van der Waals surface area (Å²) in [5, 5.41) is 17.4. The van der Waals surface area contributed by atoms with Crippen LogP contribution in [0.25, 0.3) is 0 Å². The zero-order chi connectivity index (χ0) is 21.2. The number of rotatable bonds is 7. The molecule has 0 atom stereocenters. The van der Waals surface area contributed by atoms with Crippen molar-refractivity contribution < 1.29 is 24.0 Å². The molecule has 12 heteroatoms. The summed E-state index contributed by atoms with van der Waals surface area (Å²) in [6, 6.07) is 0. The number of aryl methyl sites for hydroxylation is 1. The molecule has 0 radical (unpaired) electrons. The number of primary amides is 1. The first-order chi connectivity index (χ1) is 13.0. The number of nitrogens with two attached hydrogens (primary N) is 1. The predicted octanol–water partition coefficient (Wildman–Crippen LogP) is 1.77. The zero-order valence-electron chi connectivity index (χ0n) is 15.6. The van der Waals surface area contributed by atoms with E-state index >= 15 is 0 Å². The van der Waals surface area contributed by atoms with Gasteiger partial charge >= 0.3 is 11.7 Å². The lowest BCUT2D eigenvalue weighted by atomic mass is 10.1. The zero-order valence-corrected chi connectivity index (χ0v) is 16.5. The van der Waals surface area contributed by atoms with Gasteiger partial charge in [0, 0.05) is 0 Å². The number of carbonyl (C=O) groups is 3. The Labute approximate surface area is 163 Å². The lowest BCUT2D eigenvalue weighted by molar-refractivity contribution is -0.385. The molecule has 2 aromatic heterocycles. The number of nitrogens with one attached hydrogen (secondary N) is 1. The van der Waals surface area contributed by atoms with Gasteiger partial charge in [-0.15, -0.1) is 11.3 Å². The number of aromatic nitrogens is 2. The number of nitrogens with zero attached hydrogens (tertiary/aromatic N) is 3. The van der Waals surface area contributed by atoms with Gasteiger partial charge in [0.15, 0.2) is 0 Å². The highest BCUT2D eigenvalue weighted by Gasteiger charge is 2.26. The Hall–Kier alpha value is -3.28. The van der Waals surface area contributed by atoms with Crippen LogP contribution in [-0.4, -0.2) is 38.6 Å². The van der Waals surface area contributed by atoms with Crippen molar-refractivity contribution in [2.24, 2.45) is 5.73 Å². The van der Waals surface area contributed by atoms with E-state index in [1.54, 1.807) is 13.8 Å². The first-order valence-electron chi connectivity index (χ1n) is 8.13. The van der Waals surface area contributed by atoms with Gasteiger partial charge in [-0.05, 0) is 33.3 Å². The Morgan fingerprint density at radius 3 is 2.54 bits per heavy atom. The fourth-order valence-electron chi connectivity index (χ4n) is 2.44. The molecule has 2 rings (SSSR count). The number of ether oxygens (including phenoxy) is 1. The molecule has 0 aromatic carbocycles. The minimum Gasteiger partial charge on any atom is -0.459 e. The number of hydrogen-bond acceptors (Lipinski definition) is 8. The van der Waals surface area contributed by atoms with Crippen molar-refractivity contribution in [1.82, 2.24) is 9.78 Å². The number of esters is 1. The van der Waals surface area contributed by atoms with E-state index in [4.69, 9.17) is 10.5 Å². The molecular weight excluding hydrogens is 390 g/mol. The molecule has 2 heterocycles. The third-order valence-corrected chi connectivity index (χ3v) is 4.81. The van der Waals surface area contributed by atoms with Gasteiger partial charge in [-0.1, -0.05) is 0 Å². The van der Waals surface area contributed by atoms with Gasteiger partial charge in [0.2, 0.25) is 5.91 Å². The molecule has 0 saturated carbocycles. The van der Waals surface area contributed by atoms with Crippen LogP contribution in [0.15, 0.2) is 6.20 Å². The summed E-state index contributed by atoms with van der Waals surface area (Å²) in [7, 11) is 0. The van der Waals surface area contributed by atoms with Gasteiger partial charge in [-0.2, -0.15) is 5.10 Å². The molecular formula is C16H19N5O6S. The Kier molecular flexibility index (Phi) is 6.13. The van der Waals surface area contributed by atoms with E-state index in [2.05, 4.69) is 10.4 Å². The van der Waals surface area contributed by atoms with Crippen LogP contribution in [0.1, 0.15) is 45.1 Å². The van der Waals surface area contributed by atoms with E-state index in [0.717, 1.165) is 22.2 Å². The van der Waals surface area contributed by atoms with E-state index in [9.17, 15) is 24.5 Å². The number of anilines is 1. The number of nitro groups is 1. The first kappa shape index (κ1) is 21.0. The van der Waals surface area contributed by atoms with Crippen LogP contribution in [0.5, 0.6) is 0 Å². The second-order valence-corrected chi connectivity index (χ2v) is 7.20. The molecule has 2 aromatic rings. The smallest absolute Gasteiger partial charge is 0.341 e. The first-order valence-corrected chi connectivity index (χ1v) is 8.95. The minimum atomic E-state index is -0.736. The molecule has 150 valence electrons. The standard InChI is InChI=1S/C16H19N5O6S/c1-7(2)27-16(24)12-8(3)13(14(17)23)28-15(12)18-11(22)6-20-5-10(21(25)26)9(4)19-20/h5,7H,6H2,1-4H3,(H2,17,23)(H,18,22). The van der Waals surface area contributed by atoms with Gasteiger partial charge in [0.25, 0.3) is 5.91 Å². The quantitative estimate of drug-likeness (QED) is 0.400. The maximum Gasteiger partial charge on any atom is 0.341 e. The molecule has 0 fully saturated rings. The molecule has 11 nitrogen and oxygen atoms in total. The summed E-state index contributed by atoms with van der Waals surface area (Å²) in [4.78, 5) is 46.7. The van der Waals surface area contributed by atoms with Crippen molar-refractivity contribution in [3.05, 3.63) is 38.0 Å². The van der Waals surface area contributed by atoms with Crippen LogP contribution in [0, 0.1) is 24.0 Å². The van der Waals surface area contributed by atoms with E-state index in [1.165, 1.54) is 13.8 Å². The molecule has 3 N–H and O–H groups in total. The van der Waals surface area contributed by atoms with Crippen LogP contribution in [0.4, 0.5) is 10.7 Å². The number of carbonyl (C=O) groups excluding carboxylic acids is 3. The highest BCUT2D eigenvalue weighted by molar-refractivity contribution is 7.18. The largest absolute Gasteiger partial charge is 0.459 e. The molecule has 0 spiro atoms. The number of thiophene rings is 1. The van der Waals surface area contributed by atoms with Crippen LogP contribution >= 0.6 is 11.3 Å². The number of hydrogen-bond donors (Lipinski definition) is 2. The summed E-state index contributed by atoms with van der Waals surface area (Å²) < 4.78 is 6.28. The average molecular weight is 409 g/mol. The molecule has 0 unspecified atom stereocenters. The third-order valence-electron chi connectivity index (χ3n) is 3.59. The lowest BCUT2D eigenvalue weighted by Crippen LogP contribution is -2.21. The molecule has 28 heavy (non-hydrogen) atoms. The van der Waals surface area contributed by atoms with Gasteiger partial charge in [-0.3, -0.25) is 24.4 Å². The van der Waals surface area contributed by atoms with Crippen LogP contribution in [-0.2, 0) is 16.1 Å². The summed E-state index contributed by atoms with van der Waals surface area (Å²) in [5.74, 6) is -2.02. The summed E-state index contributed by atoms with van der Waals surface area (Å²) >= 11 is 0.857. The Morgan fingerprint density at radius 2 is 2.04 bits per heavy atom. The van der Waals surface area contributed by atoms with E-state index in [-0.39, 0.29) is 33.4 Å². The maximum absolute atomic E-state index is 12.4. The molecule has 2 amide bonds. The van der Waals surface area contributed by atoms with E-state index < -0.39 is 28.8 Å². The highest BCUT2D eigenvalue weighted by Crippen LogP contribution is 2.33. The molecule has 0 aliphatic carbocycles. The summed E-state index contributed by atoms with van der Waals surface area (Å²) in [6.45, 7) is 5.99. The van der Waals surface area contributed by atoms with Crippen molar-refractivity contribution in [1.29, 1.82) is 0 Å². The summed E-state index contributed by atoms with van der Waals surface area (Å²) in [5.41, 5.74) is 5.64. The second-order valence-electron chi connectivity index (χ2n) is 6.18. The van der Waals surface area contributed by atoms with Crippen molar-refractivity contribution in [3.63, 3.8) is 0 Å². The summed E-state index contributed by atoms with van der Waals surface area (Å²) in [6.07, 6.45) is 0.733. The van der Waals surface area contributed by atoms with Crippen LogP contribution in [0.3, 0.4) is 0 Å². The Morgan fingerprint density at radius 1 is 1.39 bits per heavy atom.